The maximum atomic E-state index is 12.5. The van der Waals surface area contributed by atoms with Gasteiger partial charge in [-0.15, -0.1) is 0 Å². The van der Waals surface area contributed by atoms with Gasteiger partial charge >= 0.3 is 0 Å². The molecule has 1 N–H and O–H groups in total. The van der Waals surface area contributed by atoms with E-state index in [4.69, 9.17) is 0 Å². The highest BCUT2D eigenvalue weighted by Crippen LogP contribution is 2.24. The Hall–Kier alpha value is -1.42. The van der Waals surface area contributed by atoms with Gasteiger partial charge in [0.25, 0.3) is 0 Å². The second kappa shape index (κ2) is 5.52. The van der Waals surface area contributed by atoms with E-state index in [0.29, 0.717) is 12.5 Å². The molecule has 0 aromatic carbocycles. The van der Waals surface area contributed by atoms with Crippen LogP contribution in [0.15, 0.2) is 18.3 Å². The highest BCUT2D eigenvalue weighted by atomic mass is 16.2. The summed E-state index contributed by atoms with van der Waals surface area (Å²) in [5.74, 6) is 0.448. The number of anilines is 1. The zero-order valence-electron chi connectivity index (χ0n) is 13.1. The summed E-state index contributed by atoms with van der Waals surface area (Å²) in [6.07, 6.45) is 1.82. The molecule has 1 aliphatic heterocycles. The standard InChI is InChI=1S/C16H25N3O/c1-11(2)14-15(20)19(9-8-17-14)12-6-7-13(18-10-12)16(3,4)5/h6-7,10-11,14,17H,8-9H2,1-5H3. The highest BCUT2D eigenvalue weighted by molar-refractivity contribution is 5.98. The third kappa shape index (κ3) is 3.01. The lowest BCUT2D eigenvalue weighted by Crippen LogP contribution is -2.57. The molecule has 0 radical (unpaired) electrons. The molecule has 2 rings (SSSR count). The Morgan fingerprint density at radius 1 is 1.35 bits per heavy atom. The van der Waals surface area contributed by atoms with Crippen LogP contribution in [-0.2, 0) is 10.2 Å². The van der Waals surface area contributed by atoms with Crippen LogP contribution in [0, 0.1) is 5.92 Å². The van der Waals surface area contributed by atoms with E-state index in [-0.39, 0.29) is 17.4 Å². The molecule has 0 aliphatic carbocycles. The van der Waals surface area contributed by atoms with Gasteiger partial charge in [-0.05, 0) is 18.1 Å². The van der Waals surface area contributed by atoms with Crippen LogP contribution in [0.1, 0.15) is 40.3 Å². The Bertz CT molecular complexity index is 473. The molecule has 1 aromatic heterocycles. The van der Waals surface area contributed by atoms with Crippen LogP contribution in [0.5, 0.6) is 0 Å². The number of piperazine rings is 1. The normalized spacial score (nSPS) is 20.6. The van der Waals surface area contributed by atoms with Crippen LogP contribution < -0.4 is 10.2 Å². The van der Waals surface area contributed by atoms with Gasteiger partial charge in [-0.25, -0.2) is 0 Å². The average Bonchev–Trinajstić information content (AvgIpc) is 2.38. The first-order chi connectivity index (χ1) is 9.30. The third-order valence-electron chi connectivity index (χ3n) is 3.73. The number of hydrogen-bond donors (Lipinski definition) is 1. The fourth-order valence-corrected chi connectivity index (χ4v) is 2.46. The Kier molecular flexibility index (Phi) is 4.14. The lowest BCUT2D eigenvalue weighted by Gasteiger charge is -2.35. The molecule has 1 fully saturated rings. The molecule has 110 valence electrons. The summed E-state index contributed by atoms with van der Waals surface area (Å²) < 4.78 is 0. The van der Waals surface area contributed by atoms with E-state index in [1.807, 2.05) is 23.2 Å². The summed E-state index contributed by atoms with van der Waals surface area (Å²) in [7, 11) is 0. The molecular formula is C16H25N3O. The molecule has 4 nitrogen and oxygen atoms in total. The number of nitrogens with one attached hydrogen (secondary N) is 1. The molecule has 1 atom stereocenters. The minimum Gasteiger partial charge on any atom is -0.308 e. The Labute approximate surface area is 121 Å². The van der Waals surface area contributed by atoms with Gasteiger partial charge in [0, 0.05) is 24.2 Å². The van der Waals surface area contributed by atoms with E-state index in [0.717, 1.165) is 17.9 Å². The Morgan fingerprint density at radius 2 is 2.05 bits per heavy atom. The fourth-order valence-electron chi connectivity index (χ4n) is 2.46. The van der Waals surface area contributed by atoms with Crippen molar-refractivity contribution in [2.24, 2.45) is 5.92 Å². The topological polar surface area (TPSA) is 45.2 Å². The zero-order chi connectivity index (χ0) is 14.9. The number of carbonyl (C=O) groups excluding carboxylic acids is 1. The highest BCUT2D eigenvalue weighted by Gasteiger charge is 2.31. The molecule has 0 bridgehead atoms. The molecule has 1 aromatic rings. The van der Waals surface area contributed by atoms with Crippen molar-refractivity contribution < 1.29 is 4.79 Å². The second-order valence-electron chi connectivity index (χ2n) is 6.82. The van der Waals surface area contributed by atoms with E-state index in [1.54, 1.807) is 0 Å². The largest absolute Gasteiger partial charge is 0.308 e. The van der Waals surface area contributed by atoms with Crippen LogP contribution in [0.3, 0.4) is 0 Å². The van der Waals surface area contributed by atoms with Crippen LogP contribution in [-0.4, -0.2) is 30.0 Å². The molecule has 4 heteroatoms. The summed E-state index contributed by atoms with van der Waals surface area (Å²) in [4.78, 5) is 18.8. The van der Waals surface area contributed by atoms with Gasteiger partial charge in [0.2, 0.25) is 5.91 Å². The van der Waals surface area contributed by atoms with Crippen LogP contribution >= 0.6 is 0 Å². The van der Waals surface area contributed by atoms with E-state index in [1.165, 1.54) is 0 Å². The summed E-state index contributed by atoms with van der Waals surface area (Å²) >= 11 is 0. The van der Waals surface area contributed by atoms with Gasteiger partial charge in [-0.1, -0.05) is 34.6 Å². The molecule has 2 heterocycles. The maximum absolute atomic E-state index is 12.5. The predicted octanol–water partition coefficient (Wildman–Crippen LogP) is 2.34. The van der Waals surface area contributed by atoms with Crippen molar-refractivity contribution in [3.63, 3.8) is 0 Å². The lowest BCUT2D eigenvalue weighted by molar-refractivity contribution is -0.122. The number of nitrogens with zero attached hydrogens (tertiary/aromatic N) is 2. The number of rotatable bonds is 2. The van der Waals surface area contributed by atoms with Gasteiger partial charge in [-0.2, -0.15) is 0 Å². The fraction of sp³-hybridized carbons (Fsp3) is 0.625. The molecule has 0 saturated carbocycles. The van der Waals surface area contributed by atoms with E-state index < -0.39 is 0 Å². The number of hydrogen-bond acceptors (Lipinski definition) is 3. The van der Waals surface area contributed by atoms with Crippen LogP contribution in [0.2, 0.25) is 0 Å². The van der Waals surface area contributed by atoms with Crippen LogP contribution in [0.25, 0.3) is 0 Å². The smallest absolute Gasteiger partial charge is 0.244 e. The minimum absolute atomic E-state index is 0.0342. The van der Waals surface area contributed by atoms with Crippen LogP contribution in [0.4, 0.5) is 5.69 Å². The average molecular weight is 275 g/mol. The summed E-state index contributed by atoms with van der Waals surface area (Å²) in [6, 6.07) is 3.94. The van der Waals surface area contributed by atoms with Gasteiger partial charge in [0.1, 0.15) is 0 Å². The molecule has 1 amide bonds. The van der Waals surface area contributed by atoms with Crippen molar-refractivity contribution in [3.05, 3.63) is 24.0 Å². The SMILES string of the molecule is CC(C)C1NCCN(c2ccc(C(C)(C)C)nc2)C1=O. The van der Waals surface area contributed by atoms with Crippen molar-refractivity contribution in [3.8, 4) is 0 Å². The summed E-state index contributed by atoms with van der Waals surface area (Å²) in [5, 5.41) is 3.29. The van der Waals surface area contributed by atoms with Crippen molar-refractivity contribution in [1.29, 1.82) is 0 Å². The molecule has 1 unspecified atom stereocenters. The summed E-state index contributed by atoms with van der Waals surface area (Å²) in [5.41, 5.74) is 1.98. The Balaban J connectivity index is 2.21. The molecule has 1 aliphatic rings. The zero-order valence-corrected chi connectivity index (χ0v) is 13.1. The Morgan fingerprint density at radius 3 is 2.55 bits per heavy atom. The molecule has 0 spiro atoms. The summed E-state index contributed by atoms with van der Waals surface area (Å²) in [6.45, 7) is 12.1. The van der Waals surface area contributed by atoms with E-state index >= 15 is 0 Å². The van der Waals surface area contributed by atoms with Gasteiger partial charge in [0.05, 0.1) is 17.9 Å². The van der Waals surface area contributed by atoms with E-state index in [2.05, 4.69) is 44.9 Å². The minimum atomic E-state index is -0.0916. The first kappa shape index (κ1) is 15.0. The van der Waals surface area contributed by atoms with E-state index in [9.17, 15) is 4.79 Å². The monoisotopic (exact) mass is 275 g/mol. The van der Waals surface area contributed by atoms with Crippen molar-refractivity contribution in [1.82, 2.24) is 10.3 Å². The maximum Gasteiger partial charge on any atom is 0.244 e. The quantitative estimate of drug-likeness (QED) is 0.901. The first-order valence-corrected chi connectivity index (χ1v) is 7.32. The lowest BCUT2D eigenvalue weighted by atomic mass is 9.91. The first-order valence-electron chi connectivity index (χ1n) is 7.32. The molecule has 1 saturated heterocycles. The number of pyridine rings is 1. The van der Waals surface area contributed by atoms with Crippen molar-refractivity contribution in [2.75, 3.05) is 18.0 Å². The number of aromatic nitrogens is 1. The number of carbonyl (C=O) groups is 1. The van der Waals surface area contributed by atoms with Gasteiger partial charge in [0.15, 0.2) is 0 Å². The predicted molar refractivity (Wildman–Crippen MR) is 81.9 cm³/mol. The molecule has 20 heavy (non-hydrogen) atoms. The second-order valence-corrected chi connectivity index (χ2v) is 6.82. The van der Waals surface area contributed by atoms with Gasteiger partial charge in [-0.3, -0.25) is 9.78 Å². The third-order valence-corrected chi connectivity index (χ3v) is 3.73. The van der Waals surface area contributed by atoms with Crippen molar-refractivity contribution >= 4 is 11.6 Å². The molecular weight excluding hydrogens is 250 g/mol. The van der Waals surface area contributed by atoms with Crippen molar-refractivity contribution in [2.45, 2.75) is 46.1 Å². The van der Waals surface area contributed by atoms with Gasteiger partial charge < -0.3 is 10.2 Å². The number of amides is 1.